The predicted molar refractivity (Wildman–Crippen MR) is 42.8 cm³/mol. The summed E-state index contributed by atoms with van der Waals surface area (Å²) in [7, 11) is 0. The molecule has 2 heteroatoms. The van der Waals surface area contributed by atoms with Crippen LogP contribution in [0.15, 0.2) is 23.8 Å². The van der Waals surface area contributed by atoms with Crippen LogP contribution in [0.4, 0.5) is 0 Å². The van der Waals surface area contributed by atoms with Crippen LogP contribution in [-0.2, 0) is 20.1 Å². The van der Waals surface area contributed by atoms with Crippen LogP contribution in [0.25, 0.3) is 0 Å². The van der Waals surface area contributed by atoms with Crippen molar-refractivity contribution in [2.45, 2.75) is 25.7 Å². The minimum Gasteiger partial charge on any atom is -0.392 e. The minimum atomic E-state index is 0. The van der Waals surface area contributed by atoms with Crippen molar-refractivity contribution in [3.63, 3.8) is 0 Å². The number of aliphatic hydroxyl groups excluding tert-OH is 1. The molecule has 65 valence electrons. The normalized spacial score (nSPS) is 17.7. The van der Waals surface area contributed by atoms with Gasteiger partial charge >= 0.3 is 0 Å². The summed E-state index contributed by atoms with van der Waals surface area (Å²) in [6, 6.07) is 0. The quantitative estimate of drug-likeness (QED) is 0.730. The van der Waals surface area contributed by atoms with Crippen LogP contribution in [0, 0.1) is 0 Å². The molecule has 0 heterocycles. The molecule has 0 fully saturated rings. The first kappa shape index (κ1) is 11.1. The average molecular weight is 330 g/mol. The number of hydrogen-bond donors (Lipinski definition) is 1. The van der Waals surface area contributed by atoms with Gasteiger partial charge in [-0.2, -0.15) is 0 Å². The molecule has 0 unspecified atom stereocenters. The van der Waals surface area contributed by atoms with Crippen LogP contribution in [-0.4, -0.2) is 11.7 Å². The van der Waals surface area contributed by atoms with Gasteiger partial charge in [0.15, 0.2) is 0 Å². The van der Waals surface area contributed by atoms with Crippen LogP contribution in [0.1, 0.15) is 25.7 Å². The van der Waals surface area contributed by atoms with Crippen molar-refractivity contribution in [3.8, 4) is 0 Å². The van der Waals surface area contributed by atoms with Gasteiger partial charge in [-0.1, -0.05) is 18.2 Å². The molecular weight excluding hydrogens is 316 g/mol. The molecule has 1 N–H and O–H groups in total. The fourth-order valence-electron chi connectivity index (χ4n) is 1.13. The predicted octanol–water partition coefficient (Wildman–Crippen LogP) is 2.03. The summed E-state index contributed by atoms with van der Waals surface area (Å²) in [6.45, 7) is 0.244. The maximum Gasteiger partial charge on any atom is 0.0641 e. The minimum absolute atomic E-state index is 0. The average Bonchev–Trinajstić information content (AvgIpc) is 1.87. The number of hydrogen-bond acceptors (Lipinski definition) is 1. The molecule has 0 bridgehead atoms. The second-order valence-electron chi connectivity index (χ2n) is 2.61. The largest absolute Gasteiger partial charge is 0.392 e. The topological polar surface area (TPSA) is 20.2 Å². The molecule has 0 amide bonds. The maximum atomic E-state index is 8.82. The van der Waals surface area contributed by atoms with Crippen molar-refractivity contribution < 1.29 is 25.2 Å². The molecule has 0 saturated carbocycles. The molecular formula is C9H14IrO. The van der Waals surface area contributed by atoms with Gasteiger partial charge < -0.3 is 5.11 Å². The van der Waals surface area contributed by atoms with Crippen molar-refractivity contribution >= 4 is 0 Å². The number of aliphatic hydroxyl groups is 1. The van der Waals surface area contributed by atoms with E-state index >= 15 is 0 Å². The van der Waals surface area contributed by atoms with Crippen molar-refractivity contribution in [1.82, 2.24) is 0 Å². The molecule has 0 aromatic rings. The summed E-state index contributed by atoms with van der Waals surface area (Å²) in [4.78, 5) is 0. The fourth-order valence-corrected chi connectivity index (χ4v) is 1.13. The molecule has 1 rings (SSSR count). The summed E-state index contributed by atoms with van der Waals surface area (Å²) in [5, 5.41) is 8.82. The van der Waals surface area contributed by atoms with E-state index in [1.54, 1.807) is 0 Å². The van der Waals surface area contributed by atoms with E-state index in [0.29, 0.717) is 0 Å². The molecule has 0 aromatic heterocycles. The first-order valence-corrected chi connectivity index (χ1v) is 3.87. The zero-order valence-electron chi connectivity index (χ0n) is 6.55. The van der Waals surface area contributed by atoms with Gasteiger partial charge in [0.25, 0.3) is 0 Å². The van der Waals surface area contributed by atoms with E-state index in [-0.39, 0.29) is 26.7 Å². The van der Waals surface area contributed by atoms with Crippen LogP contribution in [0.2, 0.25) is 0 Å². The van der Waals surface area contributed by atoms with E-state index < -0.39 is 0 Å². The van der Waals surface area contributed by atoms with E-state index in [1.807, 2.05) is 0 Å². The monoisotopic (exact) mass is 331 g/mol. The Bertz CT molecular complexity index is 150. The van der Waals surface area contributed by atoms with Crippen LogP contribution in [0.5, 0.6) is 0 Å². The Labute approximate surface area is 81.5 Å². The molecule has 0 spiro atoms. The van der Waals surface area contributed by atoms with E-state index in [9.17, 15) is 0 Å². The summed E-state index contributed by atoms with van der Waals surface area (Å²) in [5.41, 5.74) is 1.20. The zero-order chi connectivity index (χ0) is 7.23. The Morgan fingerprint density at radius 1 is 1.18 bits per heavy atom. The number of allylic oxidation sites excluding steroid dienone is 3. The van der Waals surface area contributed by atoms with Gasteiger partial charge in [-0.15, -0.1) is 0 Å². The van der Waals surface area contributed by atoms with Gasteiger partial charge in [0, 0.05) is 20.1 Å². The molecule has 11 heavy (non-hydrogen) atoms. The molecule has 1 aliphatic rings. The van der Waals surface area contributed by atoms with Crippen molar-refractivity contribution in [1.29, 1.82) is 0 Å². The summed E-state index contributed by atoms with van der Waals surface area (Å²) >= 11 is 0. The fraction of sp³-hybridized carbons (Fsp3) is 0.556. The van der Waals surface area contributed by atoms with E-state index in [2.05, 4.69) is 18.2 Å². The Balaban J connectivity index is 0.000001000. The van der Waals surface area contributed by atoms with E-state index in [0.717, 1.165) is 25.7 Å². The van der Waals surface area contributed by atoms with Crippen LogP contribution < -0.4 is 0 Å². The molecule has 0 atom stereocenters. The van der Waals surface area contributed by atoms with Gasteiger partial charge in [-0.25, -0.2) is 0 Å². The number of rotatable bonds is 1. The molecule has 1 aliphatic carbocycles. The third-order valence-corrected chi connectivity index (χ3v) is 1.77. The summed E-state index contributed by atoms with van der Waals surface area (Å²) < 4.78 is 0. The van der Waals surface area contributed by atoms with Crippen molar-refractivity contribution in [2.75, 3.05) is 6.61 Å². The second-order valence-corrected chi connectivity index (χ2v) is 2.61. The Morgan fingerprint density at radius 3 is 2.64 bits per heavy atom. The Kier molecular flexibility index (Phi) is 6.83. The van der Waals surface area contributed by atoms with E-state index in [1.165, 1.54) is 5.57 Å². The molecule has 1 radical (unpaired) electrons. The van der Waals surface area contributed by atoms with E-state index in [4.69, 9.17) is 5.11 Å². The van der Waals surface area contributed by atoms with Gasteiger partial charge in [0.05, 0.1) is 6.61 Å². The van der Waals surface area contributed by atoms with Gasteiger partial charge in [0.2, 0.25) is 0 Å². The molecule has 0 aliphatic heterocycles. The first-order chi connectivity index (χ1) is 4.93. The molecule has 1 nitrogen and oxygen atoms in total. The van der Waals surface area contributed by atoms with Crippen LogP contribution in [0.3, 0.4) is 0 Å². The van der Waals surface area contributed by atoms with Crippen LogP contribution >= 0.6 is 0 Å². The van der Waals surface area contributed by atoms with Crippen molar-refractivity contribution in [2.24, 2.45) is 0 Å². The SMILES string of the molecule is OCC1=CCCC=CCC1.[Ir]. The van der Waals surface area contributed by atoms with Gasteiger partial charge in [-0.3, -0.25) is 0 Å². The Hall–Kier alpha value is 0.0894. The van der Waals surface area contributed by atoms with Crippen molar-refractivity contribution in [3.05, 3.63) is 23.8 Å². The zero-order valence-corrected chi connectivity index (χ0v) is 8.94. The third-order valence-electron chi connectivity index (χ3n) is 1.77. The summed E-state index contributed by atoms with van der Waals surface area (Å²) in [5.74, 6) is 0. The second kappa shape index (κ2) is 6.78. The maximum absolute atomic E-state index is 8.82. The first-order valence-electron chi connectivity index (χ1n) is 3.87. The molecule has 0 saturated heterocycles. The van der Waals surface area contributed by atoms with Gasteiger partial charge in [0.1, 0.15) is 0 Å². The summed E-state index contributed by atoms with van der Waals surface area (Å²) in [6.07, 6.45) is 10.9. The standard InChI is InChI=1S/C9H14O.Ir/c10-8-9-6-4-2-1-3-5-7-9;/h1-2,7,10H,3-6,8H2;. The molecule has 0 aromatic carbocycles. The third kappa shape index (κ3) is 4.52. The van der Waals surface area contributed by atoms with Gasteiger partial charge in [-0.05, 0) is 31.3 Å². The Morgan fingerprint density at radius 2 is 1.91 bits per heavy atom. The smallest absolute Gasteiger partial charge is 0.0641 e.